The zero-order chi connectivity index (χ0) is 21.1. The summed E-state index contributed by atoms with van der Waals surface area (Å²) in [7, 11) is 3.14. The molecule has 0 radical (unpaired) electrons. The van der Waals surface area contributed by atoms with Gasteiger partial charge in [0.15, 0.2) is 11.6 Å². The lowest BCUT2D eigenvalue weighted by Gasteiger charge is -2.19. The smallest absolute Gasteiger partial charge is 0.166 e. The van der Waals surface area contributed by atoms with Crippen molar-refractivity contribution in [2.75, 3.05) is 20.0 Å². The average molecular weight is 437 g/mol. The molecule has 1 aromatic heterocycles. The van der Waals surface area contributed by atoms with Crippen LogP contribution in [-0.4, -0.2) is 19.2 Å². The number of benzene rings is 2. The third kappa shape index (κ3) is 4.33. The van der Waals surface area contributed by atoms with E-state index in [0.717, 1.165) is 11.1 Å². The van der Waals surface area contributed by atoms with Crippen molar-refractivity contribution in [3.8, 4) is 28.4 Å². The first-order valence-corrected chi connectivity index (χ1v) is 9.39. The molecule has 8 heteroatoms. The first-order chi connectivity index (χ1) is 13.8. The van der Waals surface area contributed by atoms with Gasteiger partial charge in [0.1, 0.15) is 23.4 Å². The van der Waals surface area contributed by atoms with Crippen molar-refractivity contribution >= 4 is 29.0 Å². The molecule has 0 amide bonds. The molecular weight excluding hydrogens is 418 g/mol. The minimum absolute atomic E-state index is 0.0930. The first-order valence-electron chi connectivity index (χ1n) is 8.63. The van der Waals surface area contributed by atoms with E-state index in [2.05, 4.69) is 4.98 Å². The van der Waals surface area contributed by atoms with Crippen molar-refractivity contribution in [2.24, 2.45) is 0 Å². The van der Waals surface area contributed by atoms with Gasteiger partial charge in [-0.3, -0.25) is 0 Å². The Morgan fingerprint density at radius 2 is 1.79 bits per heavy atom. The normalized spacial score (nSPS) is 11.8. The van der Waals surface area contributed by atoms with Gasteiger partial charge >= 0.3 is 0 Å². The summed E-state index contributed by atoms with van der Waals surface area (Å²) >= 11 is 12.3. The van der Waals surface area contributed by atoms with Crippen molar-refractivity contribution in [3.05, 3.63) is 64.0 Å². The summed E-state index contributed by atoms with van der Waals surface area (Å²) in [5.41, 5.74) is 7.82. The van der Waals surface area contributed by atoms with Gasteiger partial charge in [0.05, 0.1) is 19.2 Å². The average Bonchev–Trinajstić information content (AvgIpc) is 2.72. The van der Waals surface area contributed by atoms with E-state index in [4.69, 9.17) is 43.1 Å². The quantitative estimate of drug-likeness (QED) is 0.484. The number of nitrogens with zero attached hydrogens (tertiary/aromatic N) is 1. The highest BCUT2D eigenvalue weighted by Gasteiger charge is 2.20. The minimum Gasteiger partial charge on any atom is -0.497 e. The molecule has 2 N–H and O–H groups in total. The van der Waals surface area contributed by atoms with Crippen LogP contribution in [0.2, 0.25) is 10.0 Å². The molecular formula is C21H19Cl2FN2O3. The molecule has 3 aromatic rings. The lowest BCUT2D eigenvalue weighted by Crippen LogP contribution is -2.08. The van der Waals surface area contributed by atoms with Gasteiger partial charge in [-0.1, -0.05) is 23.2 Å². The summed E-state index contributed by atoms with van der Waals surface area (Å²) in [6.07, 6.45) is 0.946. The van der Waals surface area contributed by atoms with Crippen LogP contribution in [0.3, 0.4) is 0 Å². The number of aromatic nitrogens is 1. The molecule has 152 valence electrons. The van der Waals surface area contributed by atoms with E-state index in [1.165, 1.54) is 12.1 Å². The highest BCUT2D eigenvalue weighted by molar-refractivity contribution is 6.36. The van der Waals surface area contributed by atoms with Crippen LogP contribution in [-0.2, 0) is 0 Å². The standard InChI is InChI=1S/C21H19Cl2FN2O3/c1-11(19-15(22)6-7-16(24)20(19)23)29-18-8-12(10-26-21(18)25)14-5-4-13(27-2)9-17(14)28-3/h4-11H,1-3H3,(H2,25,26). The van der Waals surface area contributed by atoms with Crippen LogP contribution >= 0.6 is 23.2 Å². The number of nitrogen functional groups attached to an aromatic ring is 1. The summed E-state index contributed by atoms with van der Waals surface area (Å²) in [6, 6.07) is 9.78. The molecule has 1 unspecified atom stereocenters. The molecule has 0 fully saturated rings. The zero-order valence-corrected chi connectivity index (χ0v) is 17.5. The van der Waals surface area contributed by atoms with Crippen LogP contribution < -0.4 is 19.9 Å². The fourth-order valence-corrected chi connectivity index (χ4v) is 3.58. The van der Waals surface area contributed by atoms with Crippen molar-refractivity contribution in [1.82, 2.24) is 4.98 Å². The second kappa shape index (κ2) is 8.76. The molecule has 5 nitrogen and oxygen atoms in total. The first kappa shape index (κ1) is 21.0. The number of halogens is 3. The van der Waals surface area contributed by atoms with E-state index in [-0.39, 0.29) is 10.8 Å². The maximum absolute atomic E-state index is 13.9. The van der Waals surface area contributed by atoms with Crippen LogP contribution in [0.5, 0.6) is 17.2 Å². The van der Waals surface area contributed by atoms with Gasteiger partial charge in [0, 0.05) is 34.0 Å². The van der Waals surface area contributed by atoms with Crippen LogP contribution in [0.15, 0.2) is 42.6 Å². The number of nitrogens with two attached hydrogens (primary N) is 1. The summed E-state index contributed by atoms with van der Waals surface area (Å²) in [6.45, 7) is 1.70. The van der Waals surface area contributed by atoms with Gasteiger partial charge in [-0.05, 0) is 37.3 Å². The summed E-state index contributed by atoms with van der Waals surface area (Å²) in [5, 5.41) is 0.202. The summed E-state index contributed by atoms with van der Waals surface area (Å²) in [4.78, 5) is 4.21. The van der Waals surface area contributed by atoms with Gasteiger partial charge in [0.2, 0.25) is 0 Å². The number of anilines is 1. The molecule has 0 spiro atoms. The number of methoxy groups -OCH3 is 2. The molecule has 1 heterocycles. The molecule has 0 saturated carbocycles. The van der Waals surface area contributed by atoms with Crippen molar-refractivity contribution in [2.45, 2.75) is 13.0 Å². The van der Waals surface area contributed by atoms with E-state index in [1.807, 2.05) is 12.1 Å². The van der Waals surface area contributed by atoms with Crippen LogP contribution in [0.4, 0.5) is 10.2 Å². The van der Waals surface area contributed by atoms with Crippen molar-refractivity contribution in [3.63, 3.8) is 0 Å². The van der Waals surface area contributed by atoms with E-state index < -0.39 is 11.9 Å². The Morgan fingerprint density at radius 3 is 2.48 bits per heavy atom. The number of ether oxygens (including phenoxy) is 3. The lowest BCUT2D eigenvalue weighted by atomic mass is 10.1. The number of hydrogen-bond acceptors (Lipinski definition) is 5. The zero-order valence-electron chi connectivity index (χ0n) is 16.0. The Hall–Kier alpha value is -2.70. The Kier molecular flexibility index (Phi) is 6.35. The fraction of sp³-hybridized carbons (Fsp3) is 0.190. The van der Waals surface area contributed by atoms with Gasteiger partial charge in [-0.2, -0.15) is 0 Å². The lowest BCUT2D eigenvalue weighted by molar-refractivity contribution is 0.227. The van der Waals surface area contributed by atoms with Gasteiger partial charge in [-0.25, -0.2) is 9.37 Å². The highest BCUT2D eigenvalue weighted by atomic mass is 35.5. The predicted molar refractivity (Wildman–Crippen MR) is 113 cm³/mol. The third-order valence-electron chi connectivity index (χ3n) is 4.39. The summed E-state index contributed by atoms with van der Waals surface area (Å²) in [5.74, 6) is 1.17. The topological polar surface area (TPSA) is 66.6 Å². The third-order valence-corrected chi connectivity index (χ3v) is 5.10. The molecule has 0 aliphatic rings. The number of pyridine rings is 1. The predicted octanol–water partition coefficient (Wildman–Crippen LogP) is 5.93. The molecule has 0 bridgehead atoms. The summed E-state index contributed by atoms with van der Waals surface area (Å²) < 4.78 is 30.5. The van der Waals surface area contributed by atoms with Gasteiger partial charge < -0.3 is 19.9 Å². The Labute approximate surface area is 178 Å². The van der Waals surface area contributed by atoms with Gasteiger partial charge in [-0.15, -0.1) is 0 Å². The molecule has 0 aliphatic carbocycles. The maximum Gasteiger partial charge on any atom is 0.166 e. The largest absolute Gasteiger partial charge is 0.497 e. The monoisotopic (exact) mass is 436 g/mol. The molecule has 1 atom stereocenters. The van der Waals surface area contributed by atoms with E-state index in [1.54, 1.807) is 39.5 Å². The Balaban J connectivity index is 1.98. The Morgan fingerprint density at radius 1 is 1.03 bits per heavy atom. The van der Waals surface area contributed by atoms with Crippen molar-refractivity contribution < 1.29 is 18.6 Å². The molecule has 3 rings (SSSR count). The maximum atomic E-state index is 13.9. The molecule has 0 aliphatic heterocycles. The van der Waals surface area contributed by atoms with Crippen molar-refractivity contribution in [1.29, 1.82) is 0 Å². The van der Waals surface area contributed by atoms with Crippen LogP contribution in [0.1, 0.15) is 18.6 Å². The second-order valence-corrected chi connectivity index (χ2v) is 6.98. The van der Waals surface area contributed by atoms with E-state index in [0.29, 0.717) is 27.8 Å². The number of hydrogen-bond donors (Lipinski definition) is 1. The highest BCUT2D eigenvalue weighted by Crippen LogP contribution is 2.39. The molecule has 29 heavy (non-hydrogen) atoms. The van der Waals surface area contributed by atoms with Gasteiger partial charge in [0.25, 0.3) is 0 Å². The Bertz CT molecular complexity index is 1050. The fourth-order valence-electron chi connectivity index (χ4n) is 2.90. The van der Waals surface area contributed by atoms with Crippen LogP contribution in [0, 0.1) is 5.82 Å². The van der Waals surface area contributed by atoms with Crippen LogP contribution in [0.25, 0.3) is 11.1 Å². The van der Waals surface area contributed by atoms with E-state index in [9.17, 15) is 4.39 Å². The minimum atomic E-state index is -0.664. The number of rotatable bonds is 6. The molecule has 2 aromatic carbocycles. The molecule has 0 saturated heterocycles. The van der Waals surface area contributed by atoms with E-state index >= 15 is 0 Å². The SMILES string of the molecule is COc1ccc(-c2cnc(N)c(OC(C)c3c(Cl)ccc(F)c3Cl)c2)c(OC)c1. The second-order valence-electron chi connectivity index (χ2n) is 6.19.